The molecule has 55 heavy (non-hydrogen) atoms. The van der Waals surface area contributed by atoms with Gasteiger partial charge < -0.3 is 29.9 Å². The van der Waals surface area contributed by atoms with Crippen LogP contribution in [0.15, 0.2) is 78.0 Å². The molecule has 3 N–H and O–H groups in total. The number of benzene rings is 4. The van der Waals surface area contributed by atoms with Crippen molar-refractivity contribution in [2.45, 2.75) is 71.0 Å². The largest absolute Gasteiger partial charge is 0.488 e. The Balaban J connectivity index is 0.000000296. The Hall–Kier alpha value is -5.33. The molecule has 0 aliphatic rings. The third-order valence-corrected chi connectivity index (χ3v) is 6.76. The first-order chi connectivity index (χ1) is 25.5. The minimum atomic E-state index is -4.85. The molecule has 0 saturated heterocycles. The zero-order valence-corrected chi connectivity index (χ0v) is 29.0. The van der Waals surface area contributed by atoms with Crippen LogP contribution in [0.4, 0.5) is 52.7 Å². The maximum Gasteiger partial charge on any atom is 0.461 e. The van der Waals surface area contributed by atoms with Crippen LogP contribution in [0.25, 0.3) is 0 Å². The second-order valence-corrected chi connectivity index (χ2v) is 11.9. The summed E-state index contributed by atoms with van der Waals surface area (Å²) < 4.78 is 175. The van der Waals surface area contributed by atoms with E-state index in [0.29, 0.717) is 17.7 Å². The second-order valence-electron chi connectivity index (χ2n) is 11.9. The van der Waals surface area contributed by atoms with Crippen molar-refractivity contribution in [1.29, 1.82) is 0 Å². The molecule has 4 aromatic carbocycles. The molecule has 0 aliphatic heterocycles. The fourth-order valence-electron chi connectivity index (χ4n) is 4.51. The van der Waals surface area contributed by atoms with Gasteiger partial charge in [-0.2, -0.15) is 35.1 Å². The molecule has 0 aromatic heterocycles. The van der Waals surface area contributed by atoms with Crippen molar-refractivity contribution in [2.24, 2.45) is 10.9 Å². The van der Waals surface area contributed by atoms with Crippen molar-refractivity contribution in [2.75, 3.05) is 0 Å². The third kappa shape index (κ3) is 12.3. The van der Waals surface area contributed by atoms with Gasteiger partial charge in [0, 0.05) is 23.3 Å². The zero-order valence-electron chi connectivity index (χ0n) is 29.0. The van der Waals surface area contributed by atoms with Crippen molar-refractivity contribution in [1.82, 2.24) is 0 Å². The van der Waals surface area contributed by atoms with Crippen LogP contribution in [0, 0.1) is 23.3 Å². The molecule has 7 nitrogen and oxygen atoms in total. The van der Waals surface area contributed by atoms with E-state index in [0.717, 1.165) is 42.5 Å². The van der Waals surface area contributed by atoms with Crippen LogP contribution >= 0.6 is 0 Å². The summed E-state index contributed by atoms with van der Waals surface area (Å²) in [6, 6.07) is 10.4. The maximum absolute atomic E-state index is 13.8. The molecular formula is C36H32F12N2O5. The van der Waals surface area contributed by atoms with E-state index in [-0.39, 0.29) is 46.1 Å². The van der Waals surface area contributed by atoms with E-state index < -0.39 is 65.9 Å². The molecule has 0 fully saturated rings. The fourth-order valence-corrected chi connectivity index (χ4v) is 4.51. The number of hydrogen-bond donors (Lipinski definition) is 2. The summed E-state index contributed by atoms with van der Waals surface area (Å²) in [5.74, 6) is -5.48. The van der Waals surface area contributed by atoms with Gasteiger partial charge in [-0.15, -0.1) is 0 Å². The lowest BCUT2D eigenvalue weighted by Gasteiger charge is -2.19. The maximum atomic E-state index is 13.8. The van der Waals surface area contributed by atoms with E-state index in [1.165, 1.54) is 18.2 Å². The first kappa shape index (κ1) is 44.1. The van der Waals surface area contributed by atoms with Crippen LogP contribution in [-0.2, 0) is 0 Å². The van der Waals surface area contributed by atoms with Gasteiger partial charge in [-0.1, -0.05) is 11.2 Å². The number of nitrogens with two attached hydrogens (primary N) is 1. The highest BCUT2D eigenvalue weighted by atomic mass is 19.3. The topological polar surface area (TPSA) is 95.5 Å². The average molecular weight is 801 g/mol. The van der Waals surface area contributed by atoms with Gasteiger partial charge >= 0.3 is 25.1 Å². The SMILES string of the molecule is CC(C)Oc1cc(C(=NO)c2cc(F)cc(OC(F)(F)C(F)F)c2)ccc1F.CC(C)Oc1cc(C(N)c2cc(F)cc(OC(F)(F)C(F)F)c2)ccc1F. The normalized spacial score (nSPS) is 12.9. The lowest BCUT2D eigenvalue weighted by molar-refractivity contribution is -0.253. The minimum absolute atomic E-state index is 0.0304. The van der Waals surface area contributed by atoms with Crippen molar-refractivity contribution < 1.29 is 76.8 Å². The van der Waals surface area contributed by atoms with E-state index in [9.17, 15) is 57.9 Å². The van der Waals surface area contributed by atoms with Crippen molar-refractivity contribution in [3.8, 4) is 23.0 Å². The molecule has 19 heteroatoms. The van der Waals surface area contributed by atoms with Crippen LogP contribution in [0.3, 0.4) is 0 Å². The van der Waals surface area contributed by atoms with Gasteiger partial charge in [0.2, 0.25) is 0 Å². The Morgan fingerprint density at radius 2 is 1.07 bits per heavy atom. The van der Waals surface area contributed by atoms with Crippen LogP contribution < -0.4 is 24.7 Å². The molecule has 0 aliphatic carbocycles. The number of rotatable bonds is 14. The second kappa shape index (κ2) is 18.3. The molecule has 4 rings (SSSR count). The molecule has 0 bridgehead atoms. The predicted molar refractivity (Wildman–Crippen MR) is 174 cm³/mol. The molecule has 0 spiro atoms. The van der Waals surface area contributed by atoms with Gasteiger partial charge in [0.1, 0.15) is 28.8 Å². The Labute approximate surface area is 305 Å². The molecule has 0 saturated carbocycles. The summed E-state index contributed by atoms with van der Waals surface area (Å²) in [6.07, 6.45) is -18.6. The molecule has 1 atom stereocenters. The molecular weight excluding hydrogens is 768 g/mol. The van der Waals surface area contributed by atoms with E-state index in [1.807, 2.05) is 0 Å². The predicted octanol–water partition coefficient (Wildman–Crippen LogP) is 10.3. The fraction of sp³-hybridized carbons (Fsp3) is 0.306. The summed E-state index contributed by atoms with van der Waals surface area (Å²) in [6.45, 7) is 6.66. The lowest BCUT2D eigenvalue weighted by atomic mass is 9.99. The van der Waals surface area contributed by atoms with Crippen LogP contribution in [0.2, 0.25) is 0 Å². The van der Waals surface area contributed by atoms with Gasteiger partial charge in [0.05, 0.1) is 18.2 Å². The Bertz CT molecular complexity index is 1940. The summed E-state index contributed by atoms with van der Waals surface area (Å²) in [5.41, 5.74) is 5.69. The highest BCUT2D eigenvalue weighted by Crippen LogP contribution is 2.33. The molecule has 0 radical (unpaired) electrons. The van der Waals surface area contributed by atoms with Gasteiger partial charge in [-0.3, -0.25) is 0 Å². The monoisotopic (exact) mass is 800 g/mol. The minimum Gasteiger partial charge on any atom is -0.488 e. The number of nitrogens with zero attached hydrogens (tertiary/aromatic N) is 1. The van der Waals surface area contributed by atoms with Crippen molar-refractivity contribution >= 4 is 5.71 Å². The van der Waals surface area contributed by atoms with E-state index >= 15 is 0 Å². The first-order valence-corrected chi connectivity index (χ1v) is 15.7. The molecule has 0 heterocycles. The highest BCUT2D eigenvalue weighted by Gasteiger charge is 2.45. The molecule has 4 aromatic rings. The quantitative estimate of drug-likeness (QED) is 0.0571. The van der Waals surface area contributed by atoms with Gasteiger partial charge in [-0.25, -0.2) is 17.6 Å². The first-order valence-electron chi connectivity index (χ1n) is 15.7. The molecule has 300 valence electrons. The Morgan fingerprint density at radius 3 is 1.56 bits per heavy atom. The van der Waals surface area contributed by atoms with Gasteiger partial charge in [0.15, 0.2) is 23.1 Å². The summed E-state index contributed by atoms with van der Waals surface area (Å²) in [4.78, 5) is 0. The Kier molecular flexibility index (Phi) is 14.7. The number of ether oxygens (including phenoxy) is 4. The van der Waals surface area contributed by atoms with Crippen molar-refractivity contribution in [3.05, 3.63) is 118 Å². The summed E-state index contributed by atoms with van der Waals surface area (Å²) in [7, 11) is 0. The summed E-state index contributed by atoms with van der Waals surface area (Å²) in [5, 5.41) is 12.3. The van der Waals surface area contributed by atoms with Gasteiger partial charge in [0.25, 0.3) is 0 Å². The van der Waals surface area contributed by atoms with Gasteiger partial charge in [-0.05, 0) is 93.4 Å². The van der Waals surface area contributed by atoms with Crippen molar-refractivity contribution in [3.63, 3.8) is 0 Å². The van der Waals surface area contributed by atoms with E-state index in [2.05, 4.69) is 14.6 Å². The standard InChI is InChI=1S/C18H15F6NO3.C18H17F6NO2/c1-9(2)27-15-7-10(3-4-14(15)20)16(25-26)11-5-12(19)8-13(6-11)28-18(23,24)17(21)22;1-9(2)26-15-7-10(3-4-14(15)20)16(25)11-5-12(19)8-13(6-11)27-18(23,24)17(21)22/h3-9,17,26H,1-2H3;3-9,16-17H,25H2,1-2H3. The van der Waals surface area contributed by atoms with Crippen LogP contribution in [-0.4, -0.2) is 48.2 Å². The summed E-state index contributed by atoms with van der Waals surface area (Å²) >= 11 is 0. The lowest BCUT2D eigenvalue weighted by Crippen LogP contribution is -2.33. The van der Waals surface area contributed by atoms with E-state index in [1.54, 1.807) is 27.7 Å². The average Bonchev–Trinajstić information content (AvgIpc) is 3.06. The number of oxime groups is 1. The molecule has 1 unspecified atom stereocenters. The number of hydrogen-bond acceptors (Lipinski definition) is 7. The van der Waals surface area contributed by atoms with Crippen LogP contribution in [0.1, 0.15) is 56.0 Å². The smallest absolute Gasteiger partial charge is 0.461 e. The Morgan fingerprint density at radius 1 is 0.600 bits per heavy atom. The highest BCUT2D eigenvalue weighted by molar-refractivity contribution is 6.13. The zero-order chi connectivity index (χ0) is 41.4. The van der Waals surface area contributed by atoms with Crippen LogP contribution in [0.5, 0.6) is 23.0 Å². The number of halogens is 12. The number of alkyl halides is 8. The van der Waals surface area contributed by atoms with E-state index in [4.69, 9.17) is 15.2 Å². The molecule has 0 amide bonds. The third-order valence-electron chi connectivity index (χ3n) is 6.76.